The first-order valence-corrected chi connectivity index (χ1v) is 5.32. The molecule has 0 aromatic rings. The van der Waals surface area contributed by atoms with E-state index in [1.807, 2.05) is 20.8 Å². The predicted octanol–water partition coefficient (Wildman–Crippen LogP) is 2.81. The SMILES string of the molecule is CC1CCCCC1=O.CCOCC. The fourth-order valence-electron chi connectivity index (χ4n) is 1.36. The van der Waals surface area contributed by atoms with Crippen LogP contribution in [0.15, 0.2) is 0 Å². The van der Waals surface area contributed by atoms with Crippen molar-refractivity contribution in [1.82, 2.24) is 0 Å². The molecule has 0 spiro atoms. The molecule has 0 heterocycles. The Morgan fingerprint density at radius 3 is 2.15 bits per heavy atom. The summed E-state index contributed by atoms with van der Waals surface area (Å²) >= 11 is 0. The molecule has 1 unspecified atom stereocenters. The van der Waals surface area contributed by atoms with Gasteiger partial charge in [-0.1, -0.05) is 13.3 Å². The van der Waals surface area contributed by atoms with Gasteiger partial charge in [-0.15, -0.1) is 0 Å². The van der Waals surface area contributed by atoms with E-state index in [-0.39, 0.29) is 0 Å². The number of carbonyl (C=O) groups is 1. The highest BCUT2D eigenvalue weighted by atomic mass is 16.5. The van der Waals surface area contributed by atoms with Crippen LogP contribution in [0.1, 0.15) is 46.5 Å². The van der Waals surface area contributed by atoms with Gasteiger partial charge in [-0.25, -0.2) is 0 Å². The lowest BCUT2D eigenvalue weighted by atomic mass is 9.90. The number of rotatable bonds is 2. The number of hydrogen-bond acceptors (Lipinski definition) is 2. The molecule has 0 N–H and O–H groups in total. The average molecular weight is 186 g/mol. The number of ketones is 1. The lowest BCUT2D eigenvalue weighted by Crippen LogP contribution is -2.14. The third-order valence-corrected chi connectivity index (χ3v) is 2.27. The summed E-state index contributed by atoms with van der Waals surface area (Å²) in [6.45, 7) is 7.70. The van der Waals surface area contributed by atoms with Crippen LogP contribution in [0.25, 0.3) is 0 Å². The molecule has 0 aromatic carbocycles. The monoisotopic (exact) mass is 186 g/mol. The molecule has 1 aliphatic rings. The number of ether oxygens (including phenoxy) is 1. The molecular weight excluding hydrogens is 164 g/mol. The Morgan fingerprint density at radius 1 is 1.31 bits per heavy atom. The van der Waals surface area contributed by atoms with Crippen LogP contribution in [0.2, 0.25) is 0 Å². The van der Waals surface area contributed by atoms with Crippen molar-refractivity contribution in [2.45, 2.75) is 46.5 Å². The normalized spacial score (nSPS) is 22.1. The second-order valence-corrected chi connectivity index (χ2v) is 3.39. The largest absolute Gasteiger partial charge is 0.382 e. The van der Waals surface area contributed by atoms with Crippen molar-refractivity contribution in [3.63, 3.8) is 0 Å². The van der Waals surface area contributed by atoms with Gasteiger partial charge in [-0.05, 0) is 26.7 Å². The molecule has 2 nitrogen and oxygen atoms in total. The maximum atomic E-state index is 10.8. The van der Waals surface area contributed by atoms with E-state index >= 15 is 0 Å². The van der Waals surface area contributed by atoms with Crippen molar-refractivity contribution < 1.29 is 9.53 Å². The summed E-state index contributed by atoms with van der Waals surface area (Å²) in [5.74, 6) is 0.833. The van der Waals surface area contributed by atoms with Crippen molar-refractivity contribution in [3.05, 3.63) is 0 Å². The minimum absolute atomic E-state index is 0.365. The second kappa shape index (κ2) is 8.24. The molecule has 1 rings (SSSR count). The average Bonchev–Trinajstić information content (AvgIpc) is 2.13. The zero-order valence-corrected chi connectivity index (χ0v) is 9.14. The van der Waals surface area contributed by atoms with Crippen molar-refractivity contribution in [3.8, 4) is 0 Å². The van der Waals surface area contributed by atoms with Crippen molar-refractivity contribution in [1.29, 1.82) is 0 Å². The van der Waals surface area contributed by atoms with Crippen molar-refractivity contribution >= 4 is 5.78 Å². The summed E-state index contributed by atoms with van der Waals surface area (Å²) in [7, 11) is 0. The molecule has 0 aromatic heterocycles. The van der Waals surface area contributed by atoms with E-state index in [4.69, 9.17) is 4.74 Å². The van der Waals surface area contributed by atoms with Gasteiger partial charge < -0.3 is 4.74 Å². The summed E-state index contributed by atoms with van der Waals surface area (Å²) in [6, 6.07) is 0. The number of hydrogen-bond donors (Lipinski definition) is 0. The van der Waals surface area contributed by atoms with Gasteiger partial charge in [0, 0.05) is 25.6 Å². The zero-order chi connectivity index (χ0) is 10.1. The number of Topliss-reactive ketones (excluding diaryl/α,β-unsaturated/α-hetero) is 1. The number of carbonyl (C=O) groups excluding carboxylic acids is 1. The molecule has 0 aliphatic heterocycles. The summed E-state index contributed by atoms with van der Waals surface area (Å²) in [4.78, 5) is 10.8. The summed E-state index contributed by atoms with van der Waals surface area (Å²) < 4.78 is 4.83. The lowest BCUT2D eigenvalue weighted by molar-refractivity contribution is -0.123. The predicted molar refractivity (Wildman–Crippen MR) is 54.8 cm³/mol. The standard InChI is InChI=1S/C7H12O.C4H10O/c1-6-4-2-3-5-7(6)8;1-3-5-4-2/h6H,2-5H2,1H3;3-4H2,1-2H3. The molecule has 0 saturated heterocycles. The van der Waals surface area contributed by atoms with Crippen LogP contribution in [0.5, 0.6) is 0 Å². The lowest BCUT2D eigenvalue weighted by Gasteiger charge is -2.14. The van der Waals surface area contributed by atoms with Crippen LogP contribution in [0.4, 0.5) is 0 Å². The molecule has 1 saturated carbocycles. The maximum Gasteiger partial charge on any atom is 0.135 e. The van der Waals surface area contributed by atoms with Crippen LogP contribution in [-0.4, -0.2) is 19.0 Å². The zero-order valence-electron chi connectivity index (χ0n) is 9.14. The highest BCUT2D eigenvalue weighted by molar-refractivity contribution is 5.81. The molecule has 1 fully saturated rings. The molecule has 0 bridgehead atoms. The minimum Gasteiger partial charge on any atom is -0.382 e. The van der Waals surface area contributed by atoms with Crippen LogP contribution in [0.3, 0.4) is 0 Å². The quantitative estimate of drug-likeness (QED) is 0.663. The van der Waals surface area contributed by atoms with E-state index in [9.17, 15) is 4.79 Å². The van der Waals surface area contributed by atoms with Gasteiger partial charge in [0.2, 0.25) is 0 Å². The Bertz CT molecular complexity index is 130. The van der Waals surface area contributed by atoms with Crippen LogP contribution in [0, 0.1) is 5.92 Å². The Labute approximate surface area is 81.7 Å². The maximum absolute atomic E-state index is 10.8. The third kappa shape index (κ3) is 6.76. The Morgan fingerprint density at radius 2 is 1.92 bits per heavy atom. The van der Waals surface area contributed by atoms with Crippen molar-refractivity contribution in [2.24, 2.45) is 5.92 Å². The molecule has 0 amide bonds. The first-order chi connectivity index (χ1) is 6.22. The Balaban J connectivity index is 0.000000252. The van der Waals surface area contributed by atoms with Gasteiger partial charge in [-0.3, -0.25) is 4.79 Å². The molecule has 78 valence electrons. The van der Waals surface area contributed by atoms with Gasteiger partial charge in [0.05, 0.1) is 0 Å². The highest BCUT2D eigenvalue weighted by Crippen LogP contribution is 2.18. The van der Waals surface area contributed by atoms with E-state index in [0.717, 1.165) is 32.5 Å². The summed E-state index contributed by atoms with van der Waals surface area (Å²) in [5, 5.41) is 0. The molecule has 2 heteroatoms. The summed E-state index contributed by atoms with van der Waals surface area (Å²) in [5.41, 5.74) is 0. The van der Waals surface area contributed by atoms with Crippen LogP contribution in [-0.2, 0) is 9.53 Å². The van der Waals surface area contributed by atoms with Crippen molar-refractivity contribution in [2.75, 3.05) is 13.2 Å². The molecule has 1 aliphatic carbocycles. The van der Waals surface area contributed by atoms with Gasteiger partial charge >= 0.3 is 0 Å². The van der Waals surface area contributed by atoms with Gasteiger partial charge in [0.25, 0.3) is 0 Å². The van der Waals surface area contributed by atoms with Gasteiger partial charge in [0.15, 0.2) is 0 Å². The molecular formula is C11H22O2. The smallest absolute Gasteiger partial charge is 0.135 e. The van der Waals surface area contributed by atoms with Crippen LogP contribution < -0.4 is 0 Å². The first-order valence-electron chi connectivity index (χ1n) is 5.32. The van der Waals surface area contributed by atoms with Crippen LogP contribution >= 0.6 is 0 Å². The second-order valence-electron chi connectivity index (χ2n) is 3.39. The first kappa shape index (κ1) is 12.6. The van der Waals surface area contributed by atoms with E-state index < -0.39 is 0 Å². The topological polar surface area (TPSA) is 26.3 Å². The minimum atomic E-state index is 0.365. The molecule has 1 atom stereocenters. The van der Waals surface area contributed by atoms with E-state index in [2.05, 4.69) is 0 Å². The fourth-order valence-corrected chi connectivity index (χ4v) is 1.36. The van der Waals surface area contributed by atoms with E-state index in [1.54, 1.807) is 0 Å². The molecule has 13 heavy (non-hydrogen) atoms. The fraction of sp³-hybridized carbons (Fsp3) is 0.909. The van der Waals surface area contributed by atoms with Gasteiger partial charge in [0.1, 0.15) is 5.78 Å². The molecule has 0 radical (unpaired) electrons. The van der Waals surface area contributed by atoms with E-state index in [1.165, 1.54) is 6.42 Å². The third-order valence-electron chi connectivity index (χ3n) is 2.27. The Hall–Kier alpha value is -0.370. The van der Waals surface area contributed by atoms with E-state index in [0.29, 0.717) is 11.7 Å². The summed E-state index contributed by atoms with van der Waals surface area (Å²) in [6.07, 6.45) is 4.34. The van der Waals surface area contributed by atoms with Gasteiger partial charge in [-0.2, -0.15) is 0 Å². The highest BCUT2D eigenvalue weighted by Gasteiger charge is 2.16. The Kier molecular flexibility index (Phi) is 8.00.